The fourth-order valence-corrected chi connectivity index (χ4v) is 6.25. The van der Waals surface area contributed by atoms with Crippen LogP contribution in [0.4, 0.5) is 0 Å². The van der Waals surface area contributed by atoms with Crippen LogP contribution in [0.15, 0.2) is 45.6 Å². The van der Waals surface area contributed by atoms with E-state index in [2.05, 4.69) is 9.88 Å². The number of fused-ring (bicyclic) bond motifs is 4. The first-order chi connectivity index (χ1) is 16.6. The summed E-state index contributed by atoms with van der Waals surface area (Å²) < 4.78 is 5.76. The number of aromatic nitrogens is 2. The van der Waals surface area contributed by atoms with Crippen LogP contribution in [0.2, 0.25) is 0 Å². The van der Waals surface area contributed by atoms with Gasteiger partial charge in [0.05, 0.1) is 11.9 Å². The van der Waals surface area contributed by atoms with Crippen molar-refractivity contribution in [2.75, 3.05) is 26.2 Å². The van der Waals surface area contributed by atoms with E-state index >= 15 is 0 Å². The van der Waals surface area contributed by atoms with Crippen molar-refractivity contribution in [2.45, 2.75) is 32.2 Å². The molecule has 1 aliphatic carbocycles. The maximum Gasteiger partial charge on any atom is 0.259 e. The third kappa shape index (κ3) is 4.08. The minimum absolute atomic E-state index is 0.0102. The molecule has 0 atom stereocenters. The van der Waals surface area contributed by atoms with E-state index in [0.717, 1.165) is 53.5 Å². The molecule has 174 valence electrons. The molecule has 3 aromatic heterocycles. The third-order valence-electron chi connectivity index (χ3n) is 6.77. The molecule has 1 amide bonds. The van der Waals surface area contributed by atoms with Crippen LogP contribution in [0, 0.1) is 0 Å². The van der Waals surface area contributed by atoms with Crippen molar-refractivity contribution in [3.63, 3.8) is 0 Å². The van der Waals surface area contributed by atoms with Crippen LogP contribution < -0.4 is 5.56 Å². The summed E-state index contributed by atoms with van der Waals surface area (Å²) in [6.07, 6.45) is 7.71. The Bertz CT molecular complexity index is 1420. The Morgan fingerprint density at radius 1 is 1.15 bits per heavy atom. The fraction of sp³-hybridized carbons (Fsp3) is 0.346. The zero-order valence-electron chi connectivity index (χ0n) is 18.9. The maximum atomic E-state index is 12.8. The summed E-state index contributed by atoms with van der Waals surface area (Å²) in [6, 6.07) is 9.74. The normalized spacial score (nSPS) is 17.1. The molecule has 0 bridgehead atoms. The number of aryl methyl sites for hydroxylation is 2. The highest BCUT2D eigenvalue weighted by Crippen LogP contribution is 2.33. The smallest absolute Gasteiger partial charge is 0.259 e. The number of thiophene rings is 1. The van der Waals surface area contributed by atoms with Crippen molar-refractivity contribution in [3.05, 3.63) is 68.8 Å². The molecular weight excluding hydrogens is 448 g/mol. The molecule has 0 unspecified atom stereocenters. The predicted octanol–water partition coefficient (Wildman–Crippen LogP) is 3.97. The van der Waals surface area contributed by atoms with Crippen LogP contribution in [0.25, 0.3) is 27.3 Å². The standard InChI is InChI=1S/C26H26N4O3S/c31-23(10-9-18-15-17-5-1-3-7-20(17)33-18)30-13-11-29(12-14-30)16-22-27-25(32)24-19-6-2-4-8-21(19)34-26(24)28-22/h1,3,5,7,9-10,15H,2,4,6,8,11-14,16H2,(H,27,28,32)/b10-9+. The topological polar surface area (TPSA) is 82.4 Å². The van der Waals surface area contributed by atoms with Crippen LogP contribution >= 0.6 is 11.3 Å². The van der Waals surface area contributed by atoms with Crippen LogP contribution in [0.3, 0.4) is 0 Å². The fourth-order valence-electron chi connectivity index (χ4n) is 4.96. The SMILES string of the molecule is O=C(/C=C/c1cc2ccccc2o1)N1CCN(Cc2nc3sc4c(c3c(=O)[nH]2)CCCC4)CC1. The Hall–Kier alpha value is -3.23. The van der Waals surface area contributed by atoms with Gasteiger partial charge in [0.1, 0.15) is 22.0 Å². The van der Waals surface area contributed by atoms with Crippen LogP contribution in [-0.2, 0) is 24.2 Å². The highest BCUT2D eigenvalue weighted by molar-refractivity contribution is 7.18. The molecule has 0 saturated carbocycles. The molecule has 8 heteroatoms. The molecule has 1 aromatic carbocycles. The Morgan fingerprint density at radius 3 is 2.82 bits per heavy atom. The van der Waals surface area contributed by atoms with Gasteiger partial charge in [0, 0.05) is 42.5 Å². The van der Waals surface area contributed by atoms with Gasteiger partial charge in [-0.25, -0.2) is 4.98 Å². The van der Waals surface area contributed by atoms with Crippen LogP contribution in [0.1, 0.15) is 34.9 Å². The number of para-hydroxylation sites is 1. The van der Waals surface area contributed by atoms with Gasteiger partial charge in [-0.3, -0.25) is 14.5 Å². The quantitative estimate of drug-likeness (QED) is 0.453. The van der Waals surface area contributed by atoms with Crippen molar-refractivity contribution < 1.29 is 9.21 Å². The maximum absolute atomic E-state index is 12.8. The van der Waals surface area contributed by atoms with E-state index in [1.54, 1.807) is 23.5 Å². The number of H-pyrrole nitrogens is 1. The second-order valence-electron chi connectivity index (χ2n) is 9.03. The average Bonchev–Trinajstić information content (AvgIpc) is 3.44. The van der Waals surface area contributed by atoms with E-state index < -0.39 is 0 Å². The largest absolute Gasteiger partial charge is 0.457 e. The van der Waals surface area contributed by atoms with Crippen molar-refractivity contribution >= 4 is 44.5 Å². The Labute approximate surface area is 200 Å². The molecule has 0 spiro atoms. The number of nitrogens with zero attached hydrogens (tertiary/aromatic N) is 3. The summed E-state index contributed by atoms with van der Waals surface area (Å²) in [4.78, 5) is 39.5. The van der Waals surface area contributed by atoms with Gasteiger partial charge in [-0.2, -0.15) is 0 Å². The first-order valence-electron chi connectivity index (χ1n) is 11.9. The zero-order chi connectivity index (χ0) is 23.1. The summed E-state index contributed by atoms with van der Waals surface area (Å²) in [5.41, 5.74) is 2.02. The van der Waals surface area contributed by atoms with E-state index in [1.165, 1.54) is 16.9 Å². The van der Waals surface area contributed by atoms with E-state index in [0.29, 0.717) is 31.2 Å². The van der Waals surface area contributed by atoms with E-state index in [4.69, 9.17) is 9.40 Å². The predicted molar refractivity (Wildman–Crippen MR) is 134 cm³/mol. The highest BCUT2D eigenvalue weighted by Gasteiger charge is 2.23. The Balaban J connectivity index is 1.08. The molecule has 1 fully saturated rings. The number of furan rings is 1. The monoisotopic (exact) mass is 474 g/mol. The number of nitrogens with one attached hydrogen (secondary N) is 1. The average molecular weight is 475 g/mol. The molecule has 6 rings (SSSR count). The number of hydrogen-bond acceptors (Lipinski definition) is 6. The van der Waals surface area contributed by atoms with Gasteiger partial charge in [0.2, 0.25) is 5.91 Å². The second kappa shape index (κ2) is 8.85. The Morgan fingerprint density at radius 2 is 1.97 bits per heavy atom. The van der Waals surface area contributed by atoms with Crippen molar-refractivity contribution in [1.82, 2.24) is 19.8 Å². The minimum Gasteiger partial charge on any atom is -0.457 e. The number of rotatable bonds is 4. The number of hydrogen-bond donors (Lipinski definition) is 1. The summed E-state index contributed by atoms with van der Waals surface area (Å²) >= 11 is 1.68. The third-order valence-corrected chi connectivity index (χ3v) is 7.95. The highest BCUT2D eigenvalue weighted by atomic mass is 32.1. The van der Waals surface area contributed by atoms with Gasteiger partial charge in [0.25, 0.3) is 5.56 Å². The van der Waals surface area contributed by atoms with Crippen molar-refractivity contribution in [1.29, 1.82) is 0 Å². The lowest BCUT2D eigenvalue weighted by Crippen LogP contribution is -2.48. The molecule has 1 N–H and O–H groups in total. The molecule has 2 aliphatic rings. The number of benzene rings is 1. The molecule has 34 heavy (non-hydrogen) atoms. The van der Waals surface area contributed by atoms with Crippen LogP contribution in [0.5, 0.6) is 0 Å². The number of carbonyl (C=O) groups excluding carboxylic acids is 1. The lowest BCUT2D eigenvalue weighted by Gasteiger charge is -2.33. The lowest BCUT2D eigenvalue weighted by molar-refractivity contribution is -0.127. The molecule has 4 heterocycles. The number of aromatic amines is 1. The molecule has 0 radical (unpaired) electrons. The summed E-state index contributed by atoms with van der Waals surface area (Å²) in [5, 5.41) is 1.82. The Kier molecular flexibility index (Phi) is 5.55. The number of carbonyl (C=O) groups is 1. The summed E-state index contributed by atoms with van der Waals surface area (Å²) in [7, 11) is 0. The van der Waals surface area contributed by atoms with E-state index in [9.17, 15) is 9.59 Å². The second-order valence-corrected chi connectivity index (χ2v) is 10.1. The molecule has 1 saturated heterocycles. The zero-order valence-corrected chi connectivity index (χ0v) is 19.7. The van der Waals surface area contributed by atoms with Gasteiger partial charge in [-0.15, -0.1) is 11.3 Å². The first-order valence-corrected chi connectivity index (χ1v) is 12.7. The summed E-state index contributed by atoms with van der Waals surface area (Å²) in [5.74, 6) is 1.37. The van der Waals surface area contributed by atoms with Gasteiger partial charge in [-0.1, -0.05) is 18.2 Å². The minimum atomic E-state index is -0.0165. The van der Waals surface area contributed by atoms with Crippen LogP contribution in [-0.4, -0.2) is 51.9 Å². The lowest BCUT2D eigenvalue weighted by atomic mass is 9.97. The molecule has 4 aromatic rings. The number of amides is 1. The van der Waals surface area contributed by atoms with Gasteiger partial charge < -0.3 is 14.3 Å². The van der Waals surface area contributed by atoms with E-state index in [1.807, 2.05) is 35.2 Å². The first kappa shape index (κ1) is 21.3. The van der Waals surface area contributed by atoms with Crippen molar-refractivity contribution in [2.24, 2.45) is 0 Å². The summed E-state index contributed by atoms with van der Waals surface area (Å²) in [6.45, 7) is 3.36. The van der Waals surface area contributed by atoms with Gasteiger partial charge >= 0.3 is 0 Å². The molecular formula is C26H26N4O3S. The van der Waals surface area contributed by atoms with Crippen molar-refractivity contribution in [3.8, 4) is 0 Å². The number of piperazine rings is 1. The van der Waals surface area contributed by atoms with Gasteiger partial charge in [-0.05, 0) is 49.5 Å². The molecule has 1 aliphatic heterocycles. The molecule has 7 nitrogen and oxygen atoms in total. The van der Waals surface area contributed by atoms with Gasteiger partial charge in [0.15, 0.2) is 0 Å². The van der Waals surface area contributed by atoms with E-state index in [-0.39, 0.29) is 11.5 Å².